The first-order chi connectivity index (χ1) is 17.3. The van der Waals surface area contributed by atoms with Crippen LogP contribution in [0.4, 0.5) is 14.9 Å². The van der Waals surface area contributed by atoms with Gasteiger partial charge in [-0.1, -0.05) is 26.0 Å². The Kier molecular flexibility index (Phi) is 9.32. The van der Waals surface area contributed by atoms with E-state index in [0.29, 0.717) is 29.5 Å². The summed E-state index contributed by atoms with van der Waals surface area (Å²) in [5.74, 6) is 1.17. The lowest BCUT2D eigenvalue weighted by molar-refractivity contribution is -0.133. The molecule has 0 aliphatic carbocycles. The average molecular weight is 498 g/mol. The summed E-state index contributed by atoms with van der Waals surface area (Å²) in [5, 5.41) is 2.84. The Balaban J connectivity index is 1.78. The number of carbonyl (C=O) groups excluding carboxylic acids is 2. The fourth-order valence-corrected chi connectivity index (χ4v) is 3.64. The van der Waals surface area contributed by atoms with Gasteiger partial charge in [-0.3, -0.25) is 4.79 Å². The molecular formula is C27H32FN3O5. The van der Waals surface area contributed by atoms with E-state index in [4.69, 9.17) is 13.9 Å². The number of hydrogen-bond donors (Lipinski definition) is 1. The second-order valence-electron chi connectivity index (χ2n) is 8.76. The first-order valence-corrected chi connectivity index (χ1v) is 11.6. The highest BCUT2D eigenvalue weighted by Crippen LogP contribution is 2.26. The second kappa shape index (κ2) is 12.6. The van der Waals surface area contributed by atoms with E-state index in [2.05, 4.69) is 5.32 Å². The number of urea groups is 1. The molecular weight excluding hydrogens is 465 g/mol. The van der Waals surface area contributed by atoms with Crippen molar-refractivity contribution in [3.63, 3.8) is 0 Å². The number of halogens is 1. The lowest BCUT2D eigenvalue weighted by Gasteiger charge is -2.28. The summed E-state index contributed by atoms with van der Waals surface area (Å²) in [6.07, 6.45) is 1.54. The van der Waals surface area contributed by atoms with Crippen LogP contribution in [0, 0.1) is 11.7 Å². The fraction of sp³-hybridized carbons (Fsp3) is 0.333. The number of carbonyl (C=O) groups is 2. The number of amides is 3. The molecule has 0 spiro atoms. The molecule has 0 aliphatic heterocycles. The molecule has 0 fully saturated rings. The van der Waals surface area contributed by atoms with E-state index >= 15 is 0 Å². The van der Waals surface area contributed by atoms with Crippen molar-refractivity contribution in [1.82, 2.24) is 9.80 Å². The summed E-state index contributed by atoms with van der Waals surface area (Å²) in [5.41, 5.74) is 1.25. The van der Waals surface area contributed by atoms with E-state index in [1.54, 1.807) is 47.4 Å². The Hall–Kier alpha value is -4.01. The summed E-state index contributed by atoms with van der Waals surface area (Å²) in [4.78, 5) is 29.7. The molecule has 8 nitrogen and oxygen atoms in total. The van der Waals surface area contributed by atoms with E-state index in [1.807, 2.05) is 13.8 Å². The molecule has 36 heavy (non-hydrogen) atoms. The standard InChI is InChI=1S/C27H32FN3O5/c1-19(2)15-31(27(33)29-22-12-24(34-3)14-25(13-22)35-4)18-26(32)30(17-23-6-5-11-36-23)16-20-7-9-21(28)10-8-20/h5-14,19H,15-18H2,1-4H3,(H,29,33). The SMILES string of the molecule is COc1cc(NC(=O)N(CC(=O)N(Cc2ccc(F)cc2)Cc2ccco2)CC(C)C)cc(OC)c1. The largest absolute Gasteiger partial charge is 0.497 e. The van der Waals surface area contributed by atoms with Gasteiger partial charge in [0.2, 0.25) is 5.91 Å². The third-order valence-corrected chi connectivity index (χ3v) is 5.37. The maximum absolute atomic E-state index is 13.4. The number of rotatable bonds is 11. The zero-order valence-corrected chi connectivity index (χ0v) is 21.0. The van der Waals surface area contributed by atoms with Crippen LogP contribution in [0.15, 0.2) is 65.3 Å². The predicted octanol–water partition coefficient (Wildman–Crippen LogP) is 5.15. The molecule has 0 unspecified atom stereocenters. The molecule has 3 amide bonds. The van der Waals surface area contributed by atoms with Gasteiger partial charge in [0.25, 0.3) is 0 Å². The Morgan fingerprint density at radius 3 is 2.19 bits per heavy atom. The van der Waals surface area contributed by atoms with Crippen molar-refractivity contribution in [2.75, 3.05) is 32.6 Å². The van der Waals surface area contributed by atoms with Gasteiger partial charge in [0.1, 0.15) is 29.6 Å². The smallest absolute Gasteiger partial charge is 0.322 e. The summed E-state index contributed by atoms with van der Waals surface area (Å²) < 4.78 is 29.4. The summed E-state index contributed by atoms with van der Waals surface area (Å²) >= 11 is 0. The van der Waals surface area contributed by atoms with E-state index in [-0.39, 0.29) is 37.3 Å². The topological polar surface area (TPSA) is 84.3 Å². The van der Waals surface area contributed by atoms with Crippen LogP contribution in [0.1, 0.15) is 25.2 Å². The molecule has 0 atom stereocenters. The highest BCUT2D eigenvalue weighted by atomic mass is 19.1. The Bertz CT molecular complexity index is 1110. The second-order valence-corrected chi connectivity index (χ2v) is 8.76. The number of nitrogens with one attached hydrogen (secondary N) is 1. The van der Waals surface area contributed by atoms with Crippen molar-refractivity contribution in [3.05, 3.63) is 78.0 Å². The highest BCUT2D eigenvalue weighted by Gasteiger charge is 2.23. The van der Waals surface area contributed by atoms with Crippen molar-refractivity contribution in [2.24, 2.45) is 5.92 Å². The third-order valence-electron chi connectivity index (χ3n) is 5.37. The number of methoxy groups -OCH3 is 2. The Labute approximate surface area is 210 Å². The van der Waals surface area contributed by atoms with Crippen molar-refractivity contribution in [2.45, 2.75) is 26.9 Å². The van der Waals surface area contributed by atoms with Crippen LogP contribution >= 0.6 is 0 Å². The molecule has 0 bridgehead atoms. The molecule has 1 aromatic heterocycles. The van der Waals surface area contributed by atoms with E-state index < -0.39 is 6.03 Å². The highest BCUT2D eigenvalue weighted by molar-refractivity contribution is 5.92. The minimum absolute atomic E-state index is 0.124. The maximum Gasteiger partial charge on any atom is 0.322 e. The first-order valence-electron chi connectivity index (χ1n) is 11.6. The van der Waals surface area contributed by atoms with Gasteiger partial charge in [0, 0.05) is 37.0 Å². The quantitative estimate of drug-likeness (QED) is 0.396. The van der Waals surface area contributed by atoms with Crippen LogP contribution < -0.4 is 14.8 Å². The predicted molar refractivity (Wildman–Crippen MR) is 134 cm³/mol. The van der Waals surface area contributed by atoms with Crippen molar-refractivity contribution in [3.8, 4) is 11.5 Å². The van der Waals surface area contributed by atoms with E-state index in [9.17, 15) is 14.0 Å². The lowest BCUT2D eigenvalue weighted by atomic mass is 10.2. The number of hydrogen-bond acceptors (Lipinski definition) is 5. The number of nitrogens with zero attached hydrogens (tertiary/aromatic N) is 2. The molecule has 1 heterocycles. The van der Waals surface area contributed by atoms with Crippen molar-refractivity contribution in [1.29, 1.82) is 0 Å². The molecule has 3 aromatic rings. The van der Waals surface area contributed by atoms with Gasteiger partial charge in [-0.15, -0.1) is 0 Å². The van der Waals surface area contributed by atoms with Gasteiger partial charge in [0.05, 0.1) is 27.0 Å². The van der Waals surface area contributed by atoms with E-state index in [0.717, 1.165) is 5.56 Å². The minimum atomic E-state index is -0.424. The maximum atomic E-state index is 13.4. The number of ether oxygens (including phenoxy) is 2. The van der Waals surface area contributed by atoms with Gasteiger partial charge in [0.15, 0.2) is 0 Å². The molecule has 0 saturated heterocycles. The lowest BCUT2D eigenvalue weighted by Crippen LogP contribution is -2.45. The molecule has 2 aromatic carbocycles. The van der Waals surface area contributed by atoms with Gasteiger partial charge in [-0.2, -0.15) is 0 Å². The molecule has 192 valence electrons. The molecule has 0 saturated carbocycles. The number of furan rings is 1. The number of benzene rings is 2. The molecule has 1 N–H and O–H groups in total. The van der Waals surface area contributed by atoms with Gasteiger partial charge >= 0.3 is 6.03 Å². The van der Waals surface area contributed by atoms with E-state index in [1.165, 1.54) is 37.5 Å². The Morgan fingerprint density at radius 1 is 0.972 bits per heavy atom. The van der Waals surface area contributed by atoms with Crippen LogP contribution in [0.25, 0.3) is 0 Å². The van der Waals surface area contributed by atoms with Crippen molar-refractivity contribution < 1.29 is 27.9 Å². The molecule has 0 radical (unpaired) electrons. The van der Waals surface area contributed by atoms with Crippen LogP contribution in [-0.2, 0) is 17.9 Å². The van der Waals surface area contributed by atoms with Crippen LogP contribution in [0.5, 0.6) is 11.5 Å². The average Bonchev–Trinajstić information content (AvgIpc) is 3.37. The first kappa shape index (κ1) is 26.6. The number of anilines is 1. The third kappa shape index (κ3) is 7.76. The summed E-state index contributed by atoms with van der Waals surface area (Å²) in [6.45, 7) is 4.62. The van der Waals surface area contributed by atoms with Gasteiger partial charge in [-0.05, 0) is 35.7 Å². The van der Waals surface area contributed by atoms with Gasteiger partial charge in [-0.25, -0.2) is 9.18 Å². The summed E-state index contributed by atoms with van der Waals surface area (Å²) in [6, 6.07) is 14.1. The van der Waals surface area contributed by atoms with Gasteiger partial charge < -0.3 is 29.0 Å². The normalized spacial score (nSPS) is 10.7. The molecule has 9 heteroatoms. The fourth-order valence-electron chi connectivity index (χ4n) is 3.64. The van der Waals surface area contributed by atoms with Crippen LogP contribution in [0.2, 0.25) is 0 Å². The summed E-state index contributed by atoms with van der Waals surface area (Å²) in [7, 11) is 3.05. The monoisotopic (exact) mass is 497 g/mol. The molecule has 0 aliphatic rings. The molecule has 3 rings (SSSR count). The Morgan fingerprint density at radius 2 is 1.64 bits per heavy atom. The minimum Gasteiger partial charge on any atom is -0.497 e. The van der Waals surface area contributed by atoms with Crippen LogP contribution in [0.3, 0.4) is 0 Å². The zero-order chi connectivity index (χ0) is 26.1. The van der Waals surface area contributed by atoms with Crippen molar-refractivity contribution >= 4 is 17.6 Å². The van der Waals surface area contributed by atoms with Crippen LogP contribution in [-0.4, -0.2) is 49.0 Å². The zero-order valence-electron chi connectivity index (χ0n) is 21.0.